The Balaban J connectivity index is 1.36. The van der Waals surface area contributed by atoms with E-state index in [-0.39, 0.29) is 30.7 Å². The van der Waals surface area contributed by atoms with Gasteiger partial charge in [0.1, 0.15) is 17.9 Å². The minimum absolute atomic E-state index is 0.0461. The molecule has 0 saturated heterocycles. The number of Topliss-reactive ketones (excluding diaryl/α,β-unsaturated/α-hetero) is 1. The summed E-state index contributed by atoms with van der Waals surface area (Å²) in [4.78, 5) is 33.9. The molecule has 37 heavy (non-hydrogen) atoms. The second-order valence-electron chi connectivity index (χ2n) is 8.59. The van der Waals surface area contributed by atoms with E-state index in [1.54, 1.807) is 34.9 Å². The average molecular weight is 506 g/mol. The summed E-state index contributed by atoms with van der Waals surface area (Å²) in [5, 5.41) is 9.01. The lowest BCUT2D eigenvalue weighted by Gasteiger charge is -2.11. The van der Waals surface area contributed by atoms with Crippen LogP contribution in [0.4, 0.5) is 13.2 Å². The SMILES string of the molecule is O=C(CCc1ccc(C(F)(F)F)cc1)CCc1nnc2n(Cc3ccncn3)c(=O)c3ccccc3n12. The molecule has 0 N–H and O–H groups in total. The van der Waals surface area contributed by atoms with Gasteiger partial charge in [-0.3, -0.25) is 18.6 Å². The molecule has 0 aliphatic carbocycles. The molecular formula is C26H21F3N6O2. The van der Waals surface area contributed by atoms with E-state index in [1.165, 1.54) is 23.0 Å². The van der Waals surface area contributed by atoms with Gasteiger partial charge in [0.15, 0.2) is 0 Å². The summed E-state index contributed by atoms with van der Waals surface area (Å²) in [6.07, 6.45) is -0.371. The van der Waals surface area contributed by atoms with Crippen molar-refractivity contribution >= 4 is 22.5 Å². The number of fused-ring (bicyclic) bond motifs is 3. The fourth-order valence-electron chi connectivity index (χ4n) is 4.21. The summed E-state index contributed by atoms with van der Waals surface area (Å²) in [6, 6.07) is 13.7. The smallest absolute Gasteiger partial charge is 0.300 e. The lowest BCUT2D eigenvalue weighted by molar-refractivity contribution is -0.137. The standard InChI is InChI=1S/C26H21F3N6O2/c27-26(28,29)18-8-5-17(6-9-18)7-10-20(36)11-12-23-32-33-25-34(15-19-13-14-30-16-31-19)24(37)21-3-1-2-4-22(21)35(23)25/h1-6,8-9,13-14,16H,7,10-12,15H2. The van der Waals surface area contributed by atoms with Gasteiger partial charge in [-0.1, -0.05) is 24.3 Å². The maximum atomic E-state index is 13.2. The molecule has 0 spiro atoms. The first-order valence-corrected chi connectivity index (χ1v) is 11.6. The Bertz CT molecular complexity index is 1630. The Morgan fingerprint density at radius 3 is 2.41 bits per heavy atom. The molecule has 0 aliphatic heterocycles. The van der Waals surface area contributed by atoms with E-state index in [2.05, 4.69) is 20.2 Å². The van der Waals surface area contributed by atoms with E-state index in [9.17, 15) is 22.8 Å². The van der Waals surface area contributed by atoms with Crippen molar-refractivity contribution in [3.63, 3.8) is 0 Å². The molecule has 0 bridgehead atoms. The Morgan fingerprint density at radius 2 is 1.68 bits per heavy atom. The number of aryl methyl sites for hydroxylation is 2. The first-order chi connectivity index (χ1) is 17.8. The van der Waals surface area contributed by atoms with Gasteiger partial charge in [0, 0.05) is 25.5 Å². The molecule has 0 amide bonds. The number of para-hydroxylation sites is 1. The molecule has 0 atom stereocenters. The molecule has 3 aromatic heterocycles. The highest BCUT2D eigenvalue weighted by Crippen LogP contribution is 2.29. The molecule has 0 aliphatic rings. The second-order valence-corrected chi connectivity index (χ2v) is 8.59. The van der Waals surface area contributed by atoms with Crippen LogP contribution in [0.25, 0.3) is 16.7 Å². The Kier molecular flexibility index (Phi) is 6.51. The Morgan fingerprint density at radius 1 is 0.919 bits per heavy atom. The summed E-state index contributed by atoms with van der Waals surface area (Å²) in [7, 11) is 0. The Hall–Kier alpha value is -4.41. The molecule has 188 valence electrons. The number of nitrogens with zero attached hydrogens (tertiary/aromatic N) is 6. The summed E-state index contributed by atoms with van der Waals surface area (Å²) >= 11 is 0. The molecular weight excluding hydrogens is 485 g/mol. The summed E-state index contributed by atoms with van der Waals surface area (Å²) in [5.74, 6) is 0.829. The maximum absolute atomic E-state index is 13.2. The van der Waals surface area contributed by atoms with E-state index in [0.717, 1.165) is 12.1 Å². The first-order valence-electron chi connectivity index (χ1n) is 11.6. The monoisotopic (exact) mass is 506 g/mol. The van der Waals surface area contributed by atoms with Crippen LogP contribution in [-0.2, 0) is 30.4 Å². The van der Waals surface area contributed by atoms with Crippen molar-refractivity contribution in [3.8, 4) is 0 Å². The molecule has 11 heteroatoms. The van der Waals surface area contributed by atoms with Crippen LogP contribution in [0.3, 0.4) is 0 Å². The number of aromatic nitrogens is 6. The van der Waals surface area contributed by atoms with Gasteiger partial charge in [0.25, 0.3) is 5.56 Å². The van der Waals surface area contributed by atoms with E-state index in [1.807, 2.05) is 6.07 Å². The zero-order valence-electron chi connectivity index (χ0n) is 19.5. The van der Waals surface area contributed by atoms with Crippen LogP contribution in [0, 0.1) is 0 Å². The molecule has 3 heterocycles. The number of carbonyl (C=O) groups is 1. The van der Waals surface area contributed by atoms with E-state index in [0.29, 0.717) is 46.6 Å². The number of carbonyl (C=O) groups excluding carboxylic acids is 1. The van der Waals surface area contributed by atoms with Gasteiger partial charge in [0.2, 0.25) is 5.78 Å². The van der Waals surface area contributed by atoms with Gasteiger partial charge >= 0.3 is 6.18 Å². The van der Waals surface area contributed by atoms with Crippen molar-refractivity contribution < 1.29 is 18.0 Å². The highest BCUT2D eigenvalue weighted by atomic mass is 19.4. The molecule has 0 radical (unpaired) electrons. The normalized spacial score (nSPS) is 11.9. The zero-order valence-corrected chi connectivity index (χ0v) is 19.5. The predicted molar refractivity (Wildman–Crippen MR) is 129 cm³/mol. The number of ketones is 1. The molecule has 5 aromatic rings. The number of rotatable bonds is 8. The highest BCUT2D eigenvalue weighted by molar-refractivity contribution is 5.81. The van der Waals surface area contributed by atoms with Crippen molar-refractivity contribution in [2.75, 3.05) is 0 Å². The third kappa shape index (κ3) is 5.11. The van der Waals surface area contributed by atoms with Gasteiger partial charge in [-0.2, -0.15) is 13.2 Å². The van der Waals surface area contributed by atoms with Crippen molar-refractivity contribution in [1.29, 1.82) is 0 Å². The first kappa shape index (κ1) is 24.3. The summed E-state index contributed by atoms with van der Waals surface area (Å²) in [5.41, 5.74) is 0.991. The van der Waals surface area contributed by atoms with Crippen molar-refractivity contribution in [3.05, 3.63) is 100 Å². The quantitative estimate of drug-likeness (QED) is 0.315. The van der Waals surface area contributed by atoms with Crippen molar-refractivity contribution in [1.82, 2.24) is 29.1 Å². The van der Waals surface area contributed by atoms with Crippen LogP contribution in [0.2, 0.25) is 0 Å². The van der Waals surface area contributed by atoms with Crippen LogP contribution in [0.15, 0.2) is 71.9 Å². The third-order valence-electron chi connectivity index (χ3n) is 6.14. The van der Waals surface area contributed by atoms with Crippen LogP contribution in [0.5, 0.6) is 0 Å². The lowest BCUT2D eigenvalue weighted by Crippen LogP contribution is -2.24. The topological polar surface area (TPSA) is 95.0 Å². The van der Waals surface area contributed by atoms with E-state index >= 15 is 0 Å². The number of hydrogen-bond acceptors (Lipinski definition) is 6. The second kappa shape index (κ2) is 9.92. The van der Waals surface area contributed by atoms with E-state index < -0.39 is 11.7 Å². The van der Waals surface area contributed by atoms with Crippen LogP contribution in [0.1, 0.15) is 35.5 Å². The van der Waals surface area contributed by atoms with Crippen molar-refractivity contribution in [2.45, 2.75) is 38.4 Å². The number of hydrogen-bond donors (Lipinski definition) is 0. The average Bonchev–Trinajstić information content (AvgIpc) is 3.33. The zero-order chi connectivity index (χ0) is 26.0. The molecule has 2 aromatic carbocycles. The minimum Gasteiger partial charge on any atom is -0.300 e. The lowest BCUT2D eigenvalue weighted by atomic mass is 10.0. The fraction of sp³-hybridized carbons (Fsp3) is 0.231. The largest absolute Gasteiger partial charge is 0.416 e. The fourth-order valence-corrected chi connectivity index (χ4v) is 4.21. The van der Waals surface area contributed by atoms with Crippen molar-refractivity contribution in [2.24, 2.45) is 0 Å². The molecule has 0 saturated carbocycles. The van der Waals surface area contributed by atoms with Crippen LogP contribution in [-0.4, -0.2) is 34.9 Å². The van der Waals surface area contributed by atoms with Gasteiger partial charge in [0.05, 0.1) is 28.7 Å². The minimum atomic E-state index is -4.39. The predicted octanol–water partition coefficient (Wildman–Crippen LogP) is 4.04. The summed E-state index contributed by atoms with van der Waals surface area (Å²) in [6.45, 7) is 0.180. The maximum Gasteiger partial charge on any atom is 0.416 e. The number of halogens is 3. The van der Waals surface area contributed by atoms with E-state index in [4.69, 9.17) is 0 Å². The van der Waals surface area contributed by atoms with Gasteiger partial charge in [-0.05, 0) is 42.3 Å². The van der Waals surface area contributed by atoms with Crippen LogP contribution < -0.4 is 5.56 Å². The van der Waals surface area contributed by atoms with Gasteiger partial charge in [-0.15, -0.1) is 10.2 Å². The molecule has 0 unspecified atom stereocenters. The number of alkyl halides is 3. The van der Waals surface area contributed by atoms with Gasteiger partial charge < -0.3 is 0 Å². The van der Waals surface area contributed by atoms with Gasteiger partial charge in [-0.25, -0.2) is 9.97 Å². The summed E-state index contributed by atoms with van der Waals surface area (Å²) < 4.78 is 41.5. The molecule has 5 rings (SSSR count). The molecule has 0 fully saturated rings. The van der Waals surface area contributed by atoms with Crippen LogP contribution >= 0.6 is 0 Å². The number of benzene rings is 2. The third-order valence-corrected chi connectivity index (χ3v) is 6.14. The Labute approximate surface area is 208 Å². The highest BCUT2D eigenvalue weighted by Gasteiger charge is 2.29. The molecule has 8 nitrogen and oxygen atoms in total.